The second-order valence-electron chi connectivity index (χ2n) is 4.96. The van der Waals surface area contributed by atoms with Crippen molar-refractivity contribution < 1.29 is 5.11 Å². The molecule has 0 saturated carbocycles. The number of hydrogen-bond acceptors (Lipinski definition) is 1. The maximum atomic E-state index is 9.85. The van der Waals surface area contributed by atoms with Gasteiger partial charge in [-0.05, 0) is 30.0 Å². The lowest BCUT2D eigenvalue weighted by Gasteiger charge is -2.05. The predicted octanol–water partition coefficient (Wildman–Crippen LogP) is 5.33. The Kier molecular flexibility index (Phi) is 7.24. The Bertz CT molecular complexity index is 355. The van der Waals surface area contributed by atoms with Crippen LogP contribution in [-0.2, 0) is 6.42 Å². The molecule has 0 fully saturated rings. The second-order valence-corrected chi connectivity index (χ2v) is 4.96. The third-order valence-corrected chi connectivity index (χ3v) is 3.39. The van der Waals surface area contributed by atoms with Gasteiger partial charge in [-0.3, -0.25) is 0 Å². The van der Waals surface area contributed by atoms with Crippen LogP contribution >= 0.6 is 0 Å². The van der Waals surface area contributed by atoms with E-state index in [9.17, 15) is 5.11 Å². The second kappa shape index (κ2) is 8.79. The van der Waals surface area contributed by atoms with Gasteiger partial charge in [0.05, 0.1) is 0 Å². The predicted molar refractivity (Wildman–Crippen MR) is 79.9 cm³/mol. The normalized spacial score (nSPS) is 10.5. The summed E-state index contributed by atoms with van der Waals surface area (Å²) in [5, 5.41) is 9.85. The van der Waals surface area contributed by atoms with Crippen LogP contribution in [0.5, 0.6) is 5.75 Å². The molecule has 18 heavy (non-hydrogen) atoms. The molecule has 0 spiro atoms. The van der Waals surface area contributed by atoms with Crippen LogP contribution in [0, 0.1) is 0 Å². The molecule has 100 valence electrons. The minimum Gasteiger partial charge on any atom is -0.508 e. The molecule has 0 aliphatic heterocycles. The number of unbranched alkanes of at least 4 members (excludes halogenated alkanes) is 6. The first-order chi connectivity index (χ1) is 8.77. The highest BCUT2D eigenvalue weighted by atomic mass is 16.3. The molecule has 0 saturated heterocycles. The molecule has 0 heterocycles. The van der Waals surface area contributed by atoms with Crippen molar-refractivity contribution in [3.63, 3.8) is 0 Å². The molecule has 0 amide bonds. The van der Waals surface area contributed by atoms with Crippen molar-refractivity contribution in [2.45, 2.75) is 58.3 Å². The first-order valence-electron chi connectivity index (χ1n) is 7.22. The number of benzene rings is 1. The number of phenolic OH excluding ortho intramolecular Hbond substituents is 1. The monoisotopic (exact) mass is 246 g/mol. The van der Waals surface area contributed by atoms with Crippen LogP contribution in [0.1, 0.15) is 63.0 Å². The maximum Gasteiger partial charge on any atom is 0.119 e. The van der Waals surface area contributed by atoms with E-state index in [0.29, 0.717) is 5.75 Å². The van der Waals surface area contributed by atoms with Gasteiger partial charge in [-0.1, -0.05) is 70.2 Å². The van der Waals surface area contributed by atoms with E-state index >= 15 is 0 Å². The van der Waals surface area contributed by atoms with Crippen LogP contribution in [0.15, 0.2) is 24.8 Å². The van der Waals surface area contributed by atoms with Crippen molar-refractivity contribution in [3.8, 4) is 5.75 Å². The summed E-state index contributed by atoms with van der Waals surface area (Å²) < 4.78 is 0. The third kappa shape index (κ3) is 5.39. The van der Waals surface area contributed by atoms with Crippen molar-refractivity contribution in [3.05, 3.63) is 35.9 Å². The summed E-state index contributed by atoms with van der Waals surface area (Å²) in [7, 11) is 0. The molecular formula is C17H26O. The van der Waals surface area contributed by atoms with E-state index in [1.807, 2.05) is 12.1 Å². The molecule has 0 unspecified atom stereocenters. The largest absolute Gasteiger partial charge is 0.508 e. The molecule has 1 nitrogen and oxygen atoms in total. The van der Waals surface area contributed by atoms with Crippen LogP contribution in [0.4, 0.5) is 0 Å². The van der Waals surface area contributed by atoms with E-state index in [2.05, 4.69) is 13.5 Å². The van der Waals surface area contributed by atoms with E-state index in [-0.39, 0.29) is 0 Å². The van der Waals surface area contributed by atoms with E-state index in [0.717, 1.165) is 17.5 Å². The van der Waals surface area contributed by atoms with Gasteiger partial charge in [-0.15, -0.1) is 0 Å². The molecule has 0 atom stereocenters. The first-order valence-corrected chi connectivity index (χ1v) is 7.22. The fourth-order valence-corrected chi connectivity index (χ4v) is 2.19. The molecule has 0 aliphatic carbocycles. The molecular weight excluding hydrogens is 220 g/mol. The van der Waals surface area contributed by atoms with Gasteiger partial charge in [0.2, 0.25) is 0 Å². The Labute approximate surface area is 112 Å². The fourth-order valence-electron chi connectivity index (χ4n) is 2.19. The van der Waals surface area contributed by atoms with Crippen molar-refractivity contribution in [2.24, 2.45) is 0 Å². The molecule has 1 N–H and O–H groups in total. The van der Waals surface area contributed by atoms with Gasteiger partial charge in [0.1, 0.15) is 5.75 Å². The Hall–Kier alpha value is -1.24. The van der Waals surface area contributed by atoms with Crippen molar-refractivity contribution >= 4 is 6.08 Å². The Morgan fingerprint density at radius 1 is 1.06 bits per heavy atom. The van der Waals surface area contributed by atoms with Gasteiger partial charge >= 0.3 is 0 Å². The van der Waals surface area contributed by atoms with Crippen LogP contribution in [-0.4, -0.2) is 5.11 Å². The zero-order valence-corrected chi connectivity index (χ0v) is 11.6. The summed E-state index contributed by atoms with van der Waals surface area (Å²) >= 11 is 0. The highest BCUT2D eigenvalue weighted by molar-refractivity contribution is 5.51. The van der Waals surface area contributed by atoms with Gasteiger partial charge in [0.25, 0.3) is 0 Å². The molecule has 1 aromatic carbocycles. The molecule has 0 aromatic heterocycles. The minimum absolute atomic E-state index is 0.415. The van der Waals surface area contributed by atoms with Gasteiger partial charge in [-0.2, -0.15) is 0 Å². The average molecular weight is 246 g/mol. The maximum absolute atomic E-state index is 9.85. The van der Waals surface area contributed by atoms with Gasteiger partial charge in [-0.25, -0.2) is 0 Å². The molecule has 0 aliphatic rings. The zero-order chi connectivity index (χ0) is 13.2. The minimum atomic E-state index is 0.415. The van der Waals surface area contributed by atoms with Crippen LogP contribution in [0.25, 0.3) is 6.08 Å². The molecule has 1 aromatic rings. The van der Waals surface area contributed by atoms with Crippen molar-refractivity contribution in [1.29, 1.82) is 0 Å². The van der Waals surface area contributed by atoms with E-state index < -0.39 is 0 Å². The fraction of sp³-hybridized carbons (Fsp3) is 0.529. The Morgan fingerprint density at radius 3 is 2.33 bits per heavy atom. The molecule has 0 radical (unpaired) electrons. The number of aryl methyl sites for hydroxylation is 1. The smallest absolute Gasteiger partial charge is 0.119 e. The quantitative estimate of drug-likeness (QED) is 0.584. The molecule has 1 heteroatoms. The van der Waals surface area contributed by atoms with Crippen LogP contribution in [0.2, 0.25) is 0 Å². The summed E-state index contributed by atoms with van der Waals surface area (Å²) in [6, 6.07) is 5.83. The standard InChI is InChI=1S/C17H26O/c1-3-5-6-7-8-9-10-11-16-13-12-15(4-2)14-17(16)18/h4,12-14,18H,2-3,5-11H2,1H3. The summed E-state index contributed by atoms with van der Waals surface area (Å²) in [6.45, 7) is 5.95. The number of aromatic hydroxyl groups is 1. The zero-order valence-electron chi connectivity index (χ0n) is 11.6. The van der Waals surface area contributed by atoms with Crippen LogP contribution in [0.3, 0.4) is 0 Å². The summed E-state index contributed by atoms with van der Waals surface area (Å²) in [6.07, 6.45) is 11.9. The first kappa shape index (κ1) is 14.8. The lowest BCUT2D eigenvalue weighted by Crippen LogP contribution is -1.88. The lowest BCUT2D eigenvalue weighted by molar-refractivity contribution is 0.466. The summed E-state index contributed by atoms with van der Waals surface area (Å²) in [4.78, 5) is 0. The molecule has 1 rings (SSSR count). The van der Waals surface area contributed by atoms with Gasteiger partial charge in [0, 0.05) is 0 Å². The number of rotatable bonds is 9. The van der Waals surface area contributed by atoms with Crippen LogP contribution < -0.4 is 0 Å². The van der Waals surface area contributed by atoms with Crippen molar-refractivity contribution in [1.82, 2.24) is 0 Å². The van der Waals surface area contributed by atoms with E-state index in [1.165, 1.54) is 44.9 Å². The highest BCUT2D eigenvalue weighted by Crippen LogP contribution is 2.21. The van der Waals surface area contributed by atoms with Gasteiger partial charge in [0.15, 0.2) is 0 Å². The average Bonchev–Trinajstić information content (AvgIpc) is 2.39. The SMILES string of the molecule is C=Cc1ccc(CCCCCCCCC)c(O)c1. The van der Waals surface area contributed by atoms with E-state index in [1.54, 1.807) is 12.1 Å². The Morgan fingerprint density at radius 2 is 1.72 bits per heavy atom. The topological polar surface area (TPSA) is 20.2 Å². The van der Waals surface area contributed by atoms with E-state index in [4.69, 9.17) is 0 Å². The highest BCUT2D eigenvalue weighted by Gasteiger charge is 2.01. The summed E-state index contributed by atoms with van der Waals surface area (Å²) in [5.41, 5.74) is 2.05. The molecule has 0 bridgehead atoms. The van der Waals surface area contributed by atoms with Gasteiger partial charge < -0.3 is 5.11 Å². The lowest BCUT2D eigenvalue weighted by atomic mass is 10.0. The summed E-state index contributed by atoms with van der Waals surface area (Å²) in [5.74, 6) is 0.415. The van der Waals surface area contributed by atoms with Crippen molar-refractivity contribution in [2.75, 3.05) is 0 Å². The Balaban J connectivity index is 2.21. The number of hydrogen-bond donors (Lipinski definition) is 1. The third-order valence-electron chi connectivity index (χ3n) is 3.39. The number of phenols is 1.